The summed E-state index contributed by atoms with van der Waals surface area (Å²) < 4.78 is 38.6. The Balaban J connectivity index is 2.58. The number of hydrogen-bond donors (Lipinski definition) is 0. The number of benzene rings is 1. The van der Waals surface area contributed by atoms with Gasteiger partial charge in [-0.05, 0) is 44.4 Å². The molecule has 0 unspecified atom stereocenters. The number of hydrogen-bond acceptors (Lipinski definition) is 2. The third-order valence-corrected chi connectivity index (χ3v) is 3.44. The van der Waals surface area contributed by atoms with Crippen LogP contribution in [0, 0.1) is 6.92 Å². The summed E-state index contributed by atoms with van der Waals surface area (Å²) in [5, 5.41) is 0. The van der Waals surface area contributed by atoms with Crippen molar-refractivity contribution < 1.29 is 18.0 Å². The van der Waals surface area contributed by atoms with E-state index in [1.54, 1.807) is 6.92 Å². The van der Waals surface area contributed by atoms with E-state index in [4.69, 9.17) is 0 Å². The minimum Gasteiger partial charge on any atom is -0.371 e. The molecule has 1 saturated heterocycles. The first-order chi connectivity index (χ1) is 8.80. The SMILES string of the molecule is CC(=O)c1c(C)cc(C(F)(F)F)cc1N1CCCC1. The normalized spacial score (nSPS) is 15.9. The minimum absolute atomic E-state index is 0.187. The second kappa shape index (κ2) is 4.87. The first-order valence-electron chi connectivity index (χ1n) is 6.28. The van der Waals surface area contributed by atoms with Crippen molar-refractivity contribution in [2.24, 2.45) is 0 Å². The van der Waals surface area contributed by atoms with Crippen LogP contribution in [0.25, 0.3) is 0 Å². The zero-order chi connectivity index (χ0) is 14.2. The molecule has 1 heterocycles. The Morgan fingerprint density at radius 3 is 2.26 bits per heavy atom. The maximum Gasteiger partial charge on any atom is 0.416 e. The number of anilines is 1. The molecule has 104 valence electrons. The first-order valence-corrected chi connectivity index (χ1v) is 6.28. The lowest BCUT2D eigenvalue weighted by Gasteiger charge is -2.23. The molecule has 0 saturated carbocycles. The molecule has 0 atom stereocenters. The molecule has 0 amide bonds. The molecule has 0 aliphatic carbocycles. The van der Waals surface area contributed by atoms with E-state index in [-0.39, 0.29) is 5.78 Å². The summed E-state index contributed by atoms with van der Waals surface area (Å²) >= 11 is 0. The average molecular weight is 271 g/mol. The second-order valence-corrected chi connectivity index (χ2v) is 4.94. The van der Waals surface area contributed by atoms with Gasteiger partial charge in [0.2, 0.25) is 0 Å². The van der Waals surface area contributed by atoms with Gasteiger partial charge in [0.1, 0.15) is 0 Å². The van der Waals surface area contributed by atoms with E-state index in [1.807, 2.05) is 4.90 Å². The van der Waals surface area contributed by atoms with E-state index in [2.05, 4.69) is 0 Å². The number of rotatable bonds is 2. The minimum atomic E-state index is -4.38. The first kappa shape index (κ1) is 13.9. The number of ketones is 1. The maximum atomic E-state index is 12.9. The van der Waals surface area contributed by atoms with Crippen LogP contribution in [-0.4, -0.2) is 18.9 Å². The second-order valence-electron chi connectivity index (χ2n) is 4.94. The highest BCUT2D eigenvalue weighted by molar-refractivity contribution is 6.01. The Labute approximate surface area is 110 Å². The number of carbonyl (C=O) groups is 1. The van der Waals surface area contributed by atoms with Gasteiger partial charge in [0.05, 0.1) is 5.56 Å². The fourth-order valence-corrected chi connectivity index (χ4v) is 2.60. The largest absolute Gasteiger partial charge is 0.416 e. The fourth-order valence-electron chi connectivity index (χ4n) is 2.60. The molecule has 2 rings (SSSR count). The summed E-state index contributed by atoms with van der Waals surface area (Å²) in [6.45, 7) is 4.38. The Morgan fingerprint density at radius 1 is 1.21 bits per heavy atom. The van der Waals surface area contributed by atoms with Gasteiger partial charge in [0, 0.05) is 24.3 Å². The molecule has 0 aromatic heterocycles. The van der Waals surface area contributed by atoms with E-state index >= 15 is 0 Å². The molecule has 0 N–H and O–H groups in total. The monoisotopic (exact) mass is 271 g/mol. The molecule has 0 spiro atoms. The quantitative estimate of drug-likeness (QED) is 0.762. The van der Waals surface area contributed by atoms with Crippen molar-refractivity contribution in [3.05, 3.63) is 28.8 Å². The van der Waals surface area contributed by atoms with Crippen molar-refractivity contribution in [2.75, 3.05) is 18.0 Å². The van der Waals surface area contributed by atoms with Crippen molar-refractivity contribution in [1.29, 1.82) is 0 Å². The van der Waals surface area contributed by atoms with Crippen LogP contribution in [0.15, 0.2) is 12.1 Å². The zero-order valence-corrected chi connectivity index (χ0v) is 11.0. The third-order valence-electron chi connectivity index (χ3n) is 3.44. The number of Topliss-reactive ketones (excluding diaryl/α,β-unsaturated/α-hetero) is 1. The van der Waals surface area contributed by atoms with Crippen LogP contribution in [0.5, 0.6) is 0 Å². The predicted octanol–water partition coefficient (Wildman–Crippen LogP) is 3.82. The molecule has 0 radical (unpaired) electrons. The molecule has 19 heavy (non-hydrogen) atoms. The van der Waals surface area contributed by atoms with Gasteiger partial charge in [0.25, 0.3) is 0 Å². The number of halogens is 3. The van der Waals surface area contributed by atoms with Crippen LogP contribution in [0.1, 0.15) is 41.3 Å². The summed E-state index contributed by atoms with van der Waals surface area (Å²) in [5.41, 5.74) is 0.549. The highest BCUT2D eigenvalue weighted by Gasteiger charge is 2.33. The van der Waals surface area contributed by atoms with E-state index in [0.717, 1.165) is 25.0 Å². The van der Waals surface area contributed by atoms with E-state index in [9.17, 15) is 18.0 Å². The van der Waals surface area contributed by atoms with Gasteiger partial charge < -0.3 is 4.90 Å². The predicted molar refractivity (Wildman–Crippen MR) is 67.6 cm³/mol. The van der Waals surface area contributed by atoms with Crippen molar-refractivity contribution in [1.82, 2.24) is 0 Å². The highest BCUT2D eigenvalue weighted by atomic mass is 19.4. The standard InChI is InChI=1S/C14H16F3NO/c1-9-7-11(14(15,16)17)8-12(13(9)10(2)19)18-5-3-4-6-18/h7-8H,3-6H2,1-2H3. The summed E-state index contributed by atoms with van der Waals surface area (Å²) in [7, 11) is 0. The molecule has 1 aromatic carbocycles. The fraction of sp³-hybridized carbons (Fsp3) is 0.500. The third kappa shape index (κ3) is 2.74. The van der Waals surface area contributed by atoms with Gasteiger partial charge in [-0.1, -0.05) is 0 Å². The summed E-state index contributed by atoms with van der Waals surface area (Å²) in [6.07, 6.45) is -2.48. The van der Waals surface area contributed by atoms with Crippen LogP contribution < -0.4 is 4.90 Å². The van der Waals surface area contributed by atoms with Gasteiger partial charge in [0.15, 0.2) is 5.78 Å². The lowest BCUT2D eigenvalue weighted by atomic mass is 9.98. The van der Waals surface area contributed by atoms with Crippen LogP contribution in [0.2, 0.25) is 0 Å². The molecular weight excluding hydrogens is 255 g/mol. The molecular formula is C14H16F3NO. The van der Waals surface area contributed by atoms with Gasteiger partial charge >= 0.3 is 6.18 Å². The van der Waals surface area contributed by atoms with Gasteiger partial charge in [-0.3, -0.25) is 4.79 Å². The Morgan fingerprint density at radius 2 is 1.79 bits per heavy atom. The van der Waals surface area contributed by atoms with Gasteiger partial charge in [-0.2, -0.15) is 13.2 Å². The van der Waals surface area contributed by atoms with E-state index < -0.39 is 11.7 Å². The van der Waals surface area contributed by atoms with Crippen LogP contribution in [-0.2, 0) is 6.18 Å². The van der Waals surface area contributed by atoms with Crippen LogP contribution in [0.3, 0.4) is 0 Å². The smallest absolute Gasteiger partial charge is 0.371 e. The highest BCUT2D eigenvalue weighted by Crippen LogP contribution is 2.36. The Bertz CT molecular complexity index is 502. The molecule has 5 heteroatoms. The van der Waals surface area contributed by atoms with Crippen molar-refractivity contribution in [3.63, 3.8) is 0 Å². The van der Waals surface area contributed by atoms with Crippen molar-refractivity contribution in [2.45, 2.75) is 32.9 Å². The molecule has 0 bridgehead atoms. The van der Waals surface area contributed by atoms with Gasteiger partial charge in [-0.25, -0.2) is 0 Å². The molecule has 1 fully saturated rings. The van der Waals surface area contributed by atoms with Crippen molar-refractivity contribution >= 4 is 11.5 Å². The number of carbonyl (C=O) groups excluding carboxylic acids is 1. The lowest BCUT2D eigenvalue weighted by molar-refractivity contribution is -0.137. The maximum absolute atomic E-state index is 12.9. The number of nitrogens with zero attached hydrogens (tertiary/aromatic N) is 1. The average Bonchev–Trinajstić information content (AvgIpc) is 2.79. The van der Waals surface area contributed by atoms with Crippen molar-refractivity contribution in [3.8, 4) is 0 Å². The summed E-state index contributed by atoms with van der Waals surface area (Å²) in [5.74, 6) is -0.187. The molecule has 2 nitrogen and oxygen atoms in total. The summed E-state index contributed by atoms with van der Waals surface area (Å²) in [4.78, 5) is 13.6. The zero-order valence-electron chi connectivity index (χ0n) is 11.0. The molecule has 1 aliphatic heterocycles. The van der Waals surface area contributed by atoms with Gasteiger partial charge in [-0.15, -0.1) is 0 Å². The lowest BCUT2D eigenvalue weighted by Crippen LogP contribution is -2.22. The number of aryl methyl sites for hydroxylation is 1. The van der Waals surface area contributed by atoms with E-state index in [1.165, 1.54) is 6.92 Å². The van der Waals surface area contributed by atoms with E-state index in [0.29, 0.717) is 29.9 Å². The van der Waals surface area contributed by atoms with Crippen LogP contribution >= 0.6 is 0 Å². The Hall–Kier alpha value is -1.52. The van der Waals surface area contributed by atoms with Crippen LogP contribution in [0.4, 0.5) is 18.9 Å². The molecule has 1 aromatic rings. The number of alkyl halides is 3. The topological polar surface area (TPSA) is 20.3 Å². The summed E-state index contributed by atoms with van der Waals surface area (Å²) in [6, 6.07) is 2.16. The Kier molecular flexibility index (Phi) is 3.56. The molecule has 1 aliphatic rings.